The number of nitriles is 1. The van der Waals surface area contributed by atoms with Crippen molar-refractivity contribution < 1.29 is 4.79 Å². The molecule has 2 heterocycles. The number of fused-ring (bicyclic) bond motifs is 1. The van der Waals surface area contributed by atoms with E-state index >= 15 is 0 Å². The summed E-state index contributed by atoms with van der Waals surface area (Å²) in [5, 5.41) is 20.3. The minimum absolute atomic E-state index is 0.114. The Kier molecular flexibility index (Phi) is 4.47. The smallest absolute Gasteiger partial charge is 0.321 e. The van der Waals surface area contributed by atoms with Crippen molar-refractivity contribution in [2.24, 2.45) is 0 Å². The average Bonchev–Trinajstić information content (AvgIpc) is 3.11. The van der Waals surface area contributed by atoms with Crippen LogP contribution in [0.3, 0.4) is 0 Å². The Bertz CT molecular complexity index is 1010. The molecule has 136 valence electrons. The molecule has 7 heteroatoms. The highest BCUT2D eigenvalue weighted by Gasteiger charge is 2.25. The van der Waals surface area contributed by atoms with E-state index in [1.807, 2.05) is 22.6 Å². The normalized spacial score (nSPS) is 14.9. The summed E-state index contributed by atoms with van der Waals surface area (Å²) in [5.74, 6) is 0. The van der Waals surface area contributed by atoms with Crippen molar-refractivity contribution in [1.29, 1.82) is 5.26 Å². The van der Waals surface area contributed by atoms with Gasteiger partial charge in [-0.2, -0.15) is 5.26 Å². The van der Waals surface area contributed by atoms with Crippen molar-refractivity contribution in [3.05, 3.63) is 53.6 Å². The zero-order valence-electron chi connectivity index (χ0n) is 15.1. The molecule has 1 saturated heterocycles. The lowest BCUT2D eigenvalue weighted by Crippen LogP contribution is -2.41. The second-order valence-electron chi connectivity index (χ2n) is 6.86. The van der Waals surface area contributed by atoms with E-state index < -0.39 is 0 Å². The van der Waals surface area contributed by atoms with E-state index in [9.17, 15) is 4.79 Å². The van der Waals surface area contributed by atoms with Crippen LogP contribution < -0.4 is 5.32 Å². The summed E-state index contributed by atoms with van der Waals surface area (Å²) in [7, 11) is 0. The van der Waals surface area contributed by atoms with E-state index in [0.29, 0.717) is 24.3 Å². The summed E-state index contributed by atoms with van der Waals surface area (Å²) in [5.41, 5.74) is 4.39. The lowest BCUT2D eigenvalue weighted by Gasteiger charge is -2.32. The van der Waals surface area contributed by atoms with Crippen molar-refractivity contribution in [1.82, 2.24) is 19.9 Å². The number of hydrogen-bond donors (Lipinski definition) is 1. The van der Waals surface area contributed by atoms with Crippen LogP contribution in [-0.4, -0.2) is 39.0 Å². The largest absolute Gasteiger partial charge is 0.324 e. The number of hydrogen-bond acceptors (Lipinski definition) is 4. The van der Waals surface area contributed by atoms with Crippen molar-refractivity contribution >= 4 is 22.8 Å². The zero-order chi connectivity index (χ0) is 18.8. The first-order valence-electron chi connectivity index (χ1n) is 9.02. The molecular weight excluding hydrogens is 340 g/mol. The predicted octanol–water partition coefficient (Wildman–Crippen LogP) is 3.48. The van der Waals surface area contributed by atoms with Gasteiger partial charge in [0, 0.05) is 18.8 Å². The Morgan fingerprint density at radius 2 is 1.93 bits per heavy atom. The van der Waals surface area contributed by atoms with Crippen molar-refractivity contribution in [3.8, 4) is 6.07 Å². The van der Waals surface area contributed by atoms with Gasteiger partial charge in [0.1, 0.15) is 5.52 Å². The highest BCUT2D eigenvalue weighted by molar-refractivity contribution is 5.89. The molecule has 0 bridgehead atoms. The second-order valence-corrected chi connectivity index (χ2v) is 6.86. The molecule has 1 aromatic heterocycles. The van der Waals surface area contributed by atoms with E-state index in [1.165, 1.54) is 5.56 Å². The van der Waals surface area contributed by atoms with Gasteiger partial charge >= 0.3 is 6.03 Å². The molecule has 0 aliphatic carbocycles. The maximum atomic E-state index is 12.5. The number of piperidine rings is 1. The zero-order valence-corrected chi connectivity index (χ0v) is 15.1. The predicted molar refractivity (Wildman–Crippen MR) is 102 cm³/mol. The Morgan fingerprint density at radius 3 is 2.63 bits per heavy atom. The Morgan fingerprint density at radius 1 is 1.19 bits per heavy atom. The number of nitrogens with one attached hydrogen (secondary N) is 1. The maximum Gasteiger partial charge on any atom is 0.321 e. The number of carbonyl (C=O) groups excluding carboxylic acids is 1. The van der Waals surface area contributed by atoms with Gasteiger partial charge in [-0.3, -0.25) is 0 Å². The van der Waals surface area contributed by atoms with E-state index in [0.717, 1.165) is 23.9 Å². The van der Waals surface area contributed by atoms with Gasteiger partial charge < -0.3 is 10.2 Å². The van der Waals surface area contributed by atoms with E-state index in [2.05, 4.69) is 33.8 Å². The average molecular weight is 360 g/mol. The van der Waals surface area contributed by atoms with E-state index in [1.54, 1.807) is 24.3 Å². The summed E-state index contributed by atoms with van der Waals surface area (Å²) in [6.07, 6.45) is 1.68. The molecule has 1 aliphatic heterocycles. The van der Waals surface area contributed by atoms with Gasteiger partial charge in [0.2, 0.25) is 0 Å². The van der Waals surface area contributed by atoms with Crippen LogP contribution in [0, 0.1) is 18.3 Å². The van der Waals surface area contributed by atoms with Crippen LogP contribution in [0.2, 0.25) is 0 Å². The number of rotatable bonds is 2. The molecule has 0 saturated carbocycles. The molecule has 1 aliphatic rings. The number of likely N-dealkylation sites (tertiary alicyclic amines) is 1. The van der Waals surface area contributed by atoms with Crippen LogP contribution in [0.4, 0.5) is 10.5 Å². The molecule has 1 fully saturated rings. The molecule has 0 atom stereocenters. The minimum Gasteiger partial charge on any atom is -0.324 e. The number of urea groups is 1. The number of aromatic nitrogens is 3. The molecule has 27 heavy (non-hydrogen) atoms. The molecule has 2 aromatic carbocycles. The molecule has 1 N–H and O–H groups in total. The monoisotopic (exact) mass is 360 g/mol. The molecule has 2 amide bonds. The number of carbonyl (C=O) groups is 1. The van der Waals surface area contributed by atoms with Gasteiger partial charge in [-0.05, 0) is 61.7 Å². The van der Waals surface area contributed by atoms with Crippen LogP contribution in [0.25, 0.3) is 11.0 Å². The third-order valence-corrected chi connectivity index (χ3v) is 4.99. The number of anilines is 1. The SMILES string of the molecule is Cc1ccc2c(c1)nnn2C1CCN(C(=O)Nc2ccc(C#N)cc2)CC1. The number of aryl methyl sites for hydroxylation is 1. The lowest BCUT2D eigenvalue weighted by molar-refractivity contribution is 0.181. The van der Waals surface area contributed by atoms with Gasteiger partial charge in [0.25, 0.3) is 0 Å². The van der Waals surface area contributed by atoms with Gasteiger partial charge in [0.05, 0.1) is 23.2 Å². The number of benzene rings is 2. The summed E-state index contributed by atoms with van der Waals surface area (Å²) < 4.78 is 1.99. The lowest BCUT2D eigenvalue weighted by atomic mass is 10.1. The topological polar surface area (TPSA) is 86.8 Å². The first kappa shape index (κ1) is 17.0. The van der Waals surface area contributed by atoms with Gasteiger partial charge in [0.15, 0.2) is 0 Å². The first-order chi connectivity index (χ1) is 13.1. The molecule has 0 spiro atoms. The van der Waals surface area contributed by atoms with Crippen LogP contribution in [0.15, 0.2) is 42.5 Å². The summed E-state index contributed by atoms with van der Waals surface area (Å²) in [6.45, 7) is 3.38. The Labute approximate surface area is 157 Å². The first-order valence-corrected chi connectivity index (χ1v) is 9.02. The third-order valence-electron chi connectivity index (χ3n) is 4.99. The Balaban J connectivity index is 1.39. The molecule has 0 radical (unpaired) electrons. The van der Waals surface area contributed by atoms with Gasteiger partial charge in [-0.15, -0.1) is 5.10 Å². The van der Waals surface area contributed by atoms with Crippen molar-refractivity contribution in [2.45, 2.75) is 25.8 Å². The standard InChI is InChI=1S/C20H20N6O/c1-14-2-7-19-18(12-14)23-24-26(19)17-8-10-25(11-9-17)20(27)22-16-5-3-15(13-21)4-6-16/h2-7,12,17H,8-11H2,1H3,(H,22,27). The highest BCUT2D eigenvalue weighted by atomic mass is 16.2. The molecule has 0 unspecified atom stereocenters. The molecular formula is C20H20N6O. The fraction of sp³-hybridized carbons (Fsp3) is 0.300. The fourth-order valence-corrected chi connectivity index (χ4v) is 3.47. The summed E-state index contributed by atoms with van der Waals surface area (Å²) >= 11 is 0. The van der Waals surface area contributed by atoms with Crippen molar-refractivity contribution in [2.75, 3.05) is 18.4 Å². The van der Waals surface area contributed by atoms with Gasteiger partial charge in [-0.25, -0.2) is 9.48 Å². The molecule has 3 aromatic rings. The van der Waals surface area contributed by atoms with Crippen LogP contribution in [0.5, 0.6) is 0 Å². The highest BCUT2D eigenvalue weighted by Crippen LogP contribution is 2.26. The van der Waals surface area contributed by atoms with Gasteiger partial charge in [-0.1, -0.05) is 11.3 Å². The second kappa shape index (κ2) is 7.08. The van der Waals surface area contributed by atoms with E-state index in [4.69, 9.17) is 5.26 Å². The Hall–Kier alpha value is -3.40. The molecule has 4 rings (SSSR count). The summed E-state index contributed by atoms with van der Waals surface area (Å²) in [4.78, 5) is 14.3. The van der Waals surface area contributed by atoms with Crippen molar-refractivity contribution in [3.63, 3.8) is 0 Å². The fourth-order valence-electron chi connectivity index (χ4n) is 3.47. The van der Waals surface area contributed by atoms with Crippen LogP contribution in [-0.2, 0) is 0 Å². The van der Waals surface area contributed by atoms with Crippen LogP contribution in [0.1, 0.15) is 30.0 Å². The molecule has 7 nitrogen and oxygen atoms in total. The number of nitrogens with zero attached hydrogens (tertiary/aromatic N) is 5. The quantitative estimate of drug-likeness (QED) is 0.758. The van der Waals surface area contributed by atoms with Crippen LogP contribution >= 0.6 is 0 Å². The third kappa shape index (κ3) is 3.47. The van der Waals surface area contributed by atoms with E-state index in [-0.39, 0.29) is 12.1 Å². The summed E-state index contributed by atoms with van der Waals surface area (Å²) in [6, 6.07) is 15.3. The minimum atomic E-state index is -0.114. The number of amides is 2. The maximum absolute atomic E-state index is 12.5.